The Morgan fingerprint density at radius 2 is 1.86 bits per heavy atom. The van der Waals surface area contributed by atoms with Gasteiger partial charge in [0.25, 0.3) is 5.91 Å². The lowest BCUT2D eigenvalue weighted by Crippen LogP contribution is -2.41. The van der Waals surface area contributed by atoms with Gasteiger partial charge in [0.05, 0.1) is 23.2 Å². The number of fused-ring (bicyclic) bond motifs is 1. The number of aromatic nitrogens is 2. The first-order valence-corrected chi connectivity index (χ1v) is 11.6. The quantitative estimate of drug-likeness (QED) is 0.680. The second kappa shape index (κ2) is 8.72. The van der Waals surface area contributed by atoms with Gasteiger partial charge in [0.1, 0.15) is 11.7 Å². The maximum atomic E-state index is 13.4. The zero-order valence-electron chi connectivity index (χ0n) is 19.7. The highest BCUT2D eigenvalue weighted by Gasteiger charge is 2.45. The number of hydrogen-bond acceptors (Lipinski definition) is 5. The van der Waals surface area contributed by atoms with Gasteiger partial charge >= 0.3 is 6.18 Å². The van der Waals surface area contributed by atoms with Gasteiger partial charge in [0.15, 0.2) is 5.78 Å². The number of rotatable bonds is 5. The third-order valence-electron chi connectivity index (χ3n) is 6.65. The first kappa shape index (κ1) is 24.0. The molecule has 5 rings (SSSR count). The van der Waals surface area contributed by atoms with E-state index >= 15 is 0 Å². The number of alkyl halides is 3. The van der Waals surface area contributed by atoms with Crippen LogP contribution in [0.2, 0.25) is 0 Å². The van der Waals surface area contributed by atoms with E-state index in [1.807, 2.05) is 37.4 Å². The average Bonchev–Trinajstić information content (AvgIpc) is 3.55. The van der Waals surface area contributed by atoms with Crippen LogP contribution in [-0.4, -0.2) is 51.2 Å². The second-order valence-corrected chi connectivity index (χ2v) is 9.48. The van der Waals surface area contributed by atoms with Crippen molar-refractivity contribution in [1.82, 2.24) is 20.0 Å². The summed E-state index contributed by atoms with van der Waals surface area (Å²) in [6.45, 7) is 3.79. The van der Waals surface area contributed by atoms with Gasteiger partial charge < -0.3 is 10.2 Å². The Morgan fingerprint density at radius 1 is 1.17 bits per heavy atom. The summed E-state index contributed by atoms with van der Waals surface area (Å²) in [6, 6.07) is 9.22. The summed E-state index contributed by atoms with van der Waals surface area (Å²) in [7, 11) is 0. The van der Waals surface area contributed by atoms with Crippen molar-refractivity contribution in [2.75, 3.05) is 6.54 Å². The Kier molecular flexibility index (Phi) is 5.80. The Labute approximate surface area is 204 Å². The first-order valence-electron chi connectivity index (χ1n) is 11.6. The number of benzene rings is 1. The molecule has 3 heterocycles. The van der Waals surface area contributed by atoms with Gasteiger partial charge in [-0.15, -0.1) is 0 Å². The summed E-state index contributed by atoms with van der Waals surface area (Å²) in [5, 5.41) is 6.81. The van der Waals surface area contributed by atoms with Crippen molar-refractivity contribution in [2.24, 2.45) is 10.9 Å². The smallest absolute Gasteiger partial charge is 0.331 e. The number of carbonyl (C=O) groups excluding carboxylic acids is 3. The van der Waals surface area contributed by atoms with Crippen LogP contribution in [0, 0.1) is 5.92 Å². The molecule has 2 aromatic rings. The minimum absolute atomic E-state index is 0.0722. The molecule has 0 bridgehead atoms. The highest BCUT2D eigenvalue weighted by Crippen LogP contribution is 2.41. The topological polar surface area (TPSA) is 96.7 Å². The van der Waals surface area contributed by atoms with Crippen molar-refractivity contribution in [2.45, 2.75) is 51.5 Å². The van der Waals surface area contributed by atoms with Crippen LogP contribution < -0.4 is 5.32 Å². The van der Waals surface area contributed by atoms with Gasteiger partial charge in [-0.2, -0.15) is 18.3 Å². The van der Waals surface area contributed by atoms with Gasteiger partial charge in [-0.25, -0.2) is 0 Å². The molecule has 3 aliphatic rings. The summed E-state index contributed by atoms with van der Waals surface area (Å²) >= 11 is 0. The molecule has 11 heteroatoms. The van der Waals surface area contributed by atoms with Gasteiger partial charge in [-0.05, 0) is 24.1 Å². The molecule has 2 amide bonds. The van der Waals surface area contributed by atoms with E-state index in [1.165, 1.54) is 10.7 Å². The molecule has 0 saturated heterocycles. The van der Waals surface area contributed by atoms with Gasteiger partial charge in [-0.1, -0.05) is 24.3 Å². The van der Waals surface area contributed by atoms with Gasteiger partial charge in [-0.3, -0.25) is 24.1 Å². The maximum Gasteiger partial charge on any atom is 0.392 e. The minimum Gasteiger partial charge on any atom is -0.331 e. The standard InChI is InChI=1S/C25H24F3N5O3/c1-13-11-32(12-15-3-5-16(6-4-15)20-10-29-20)24(36)21-9-19(31-33(13)21)23-18(30-14(2)34)7-17(8-22(23)35)25(26,27)28/h3-6,9-10,13,17,20H,7-8,11-12H2,1-2H3,(H,30,34)/t13-,17?,20?/m0/s1. The summed E-state index contributed by atoms with van der Waals surface area (Å²) < 4.78 is 41.6. The lowest BCUT2D eigenvalue weighted by molar-refractivity contribution is -0.178. The van der Waals surface area contributed by atoms with Crippen LogP contribution in [0.1, 0.15) is 66.1 Å². The van der Waals surface area contributed by atoms with Crippen molar-refractivity contribution < 1.29 is 27.6 Å². The molecular weight excluding hydrogens is 475 g/mol. The van der Waals surface area contributed by atoms with Gasteiger partial charge in [0, 0.05) is 44.8 Å². The maximum absolute atomic E-state index is 13.4. The van der Waals surface area contributed by atoms with E-state index in [2.05, 4.69) is 15.4 Å². The van der Waals surface area contributed by atoms with Crippen molar-refractivity contribution in [1.29, 1.82) is 0 Å². The number of hydrogen-bond donors (Lipinski definition) is 1. The first-order chi connectivity index (χ1) is 17.0. The number of amides is 2. The normalized spacial score (nSPS) is 23.7. The highest BCUT2D eigenvalue weighted by molar-refractivity contribution is 6.22. The third-order valence-corrected chi connectivity index (χ3v) is 6.65. The van der Waals surface area contributed by atoms with Gasteiger partial charge in [0.2, 0.25) is 5.91 Å². The number of ketones is 1. The number of Topliss-reactive ketones (excluding diaryl/α,β-unsaturated/α-hetero) is 1. The van der Waals surface area contributed by atoms with Crippen LogP contribution in [-0.2, 0) is 16.1 Å². The van der Waals surface area contributed by atoms with E-state index in [4.69, 9.17) is 0 Å². The lowest BCUT2D eigenvalue weighted by Gasteiger charge is -2.31. The fourth-order valence-corrected chi connectivity index (χ4v) is 4.82. The van der Waals surface area contributed by atoms with E-state index in [-0.39, 0.29) is 40.6 Å². The largest absolute Gasteiger partial charge is 0.392 e. The molecule has 1 N–H and O–H groups in total. The van der Waals surface area contributed by atoms with Crippen molar-refractivity contribution in [3.05, 3.63) is 58.5 Å². The number of allylic oxidation sites excluding steroid dienone is 2. The van der Waals surface area contributed by atoms with Crippen molar-refractivity contribution in [3.63, 3.8) is 0 Å². The Hall–Kier alpha value is -3.76. The molecular formula is C25H24F3N5O3. The van der Waals surface area contributed by atoms with Crippen molar-refractivity contribution in [3.8, 4) is 0 Å². The summed E-state index contributed by atoms with van der Waals surface area (Å²) in [5.74, 6) is -3.53. The monoisotopic (exact) mass is 499 g/mol. The third kappa shape index (κ3) is 4.57. The van der Waals surface area contributed by atoms with Crippen molar-refractivity contribution >= 4 is 29.4 Å². The predicted octanol–water partition coefficient (Wildman–Crippen LogP) is 3.61. The molecule has 0 fully saturated rings. The van der Waals surface area contributed by atoms with Crippen LogP contribution in [0.15, 0.2) is 41.0 Å². The van der Waals surface area contributed by atoms with Crippen LogP contribution in [0.5, 0.6) is 0 Å². The molecule has 2 unspecified atom stereocenters. The van der Waals surface area contributed by atoms with E-state index in [1.54, 1.807) is 4.90 Å². The summed E-state index contributed by atoms with van der Waals surface area (Å²) in [6.07, 6.45) is -3.99. The molecule has 188 valence electrons. The Balaban J connectivity index is 1.44. The van der Waals surface area contributed by atoms with E-state index < -0.39 is 36.6 Å². The predicted molar refractivity (Wildman–Crippen MR) is 124 cm³/mol. The summed E-state index contributed by atoms with van der Waals surface area (Å²) in [5.41, 5.74) is 2.19. The number of carbonyl (C=O) groups is 3. The number of halogens is 3. The molecule has 1 aliphatic carbocycles. The zero-order chi connectivity index (χ0) is 25.8. The molecule has 3 atom stereocenters. The van der Waals surface area contributed by atoms with Crippen LogP contribution >= 0.6 is 0 Å². The van der Waals surface area contributed by atoms with Crippen LogP contribution in [0.4, 0.5) is 13.2 Å². The molecule has 36 heavy (non-hydrogen) atoms. The Bertz CT molecular complexity index is 1300. The molecule has 0 saturated carbocycles. The number of nitrogens with zero attached hydrogens (tertiary/aromatic N) is 4. The fraction of sp³-hybridized carbons (Fsp3) is 0.400. The van der Waals surface area contributed by atoms with E-state index in [0.29, 0.717) is 13.1 Å². The Morgan fingerprint density at radius 3 is 2.47 bits per heavy atom. The van der Waals surface area contributed by atoms with Crippen LogP contribution in [0.25, 0.3) is 5.57 Å². The second-order valence-electron chi connectivity index (χ2n) is 9.48. The van der Waals surface area contributed by atoms with E-state index in [0.717, 1.165) is 18.1 Å². The molecule has 0 radical (unpaired) electrons. The number of nitrogens with one attached hydrogen (secondary N) is 1. The molecule has 1 aromatic carbocycles. The lowest BCUT2D eigenvalue weighted by atomic mass is 9.84. The zero-order valence-corrected chi connectivity index (χ0v) is 19.7. The fourth-order valence-electron chi connectivity index (χ4n) is 4.82. The number of aliphatic imine (C=N–C) groups is 1. The highest BCUT2D eigenvalue weighted by atomic mass is 19.4. The van der Waals surface area contributed by atoms with Crippen LogP contribution in [0.3, 0.4) is 0 Å². The minimum atomic E-state index is -4.58. The molecule has 8 nitrogen and oxygen atoms in total. The SMILES string of the molecule is CC(=O)NC1=C(c2cc3n(n2)[C@@H](C)CN(Cc2ccc(C4C=N4)cc2)C3=O)C(=O)CC(C(F)(F)F)C1. The molecule has 0 spiro atoms. The van der Waals surface area contributed by atoms with E-state index in [9.17, 15) is 27.6 Å². The summed E-state index contributed by atoms with van der Waals surface area (Å²) in [4.78, 5) is 43.7. The molecule has 2 aliphatic heterocycles. The average molecular weight is 499 g/mol. The molecule has 1 aromatic heterocycles.